The van der Waals surface area contributed by atoms with Gasteiger partial charge in [0.2, 0.25) is 0 Å². The SMILES string of the molecule is CC1CCCN(C(=O)C(=O)Nc2ccc(Nc3ccccc3)cc2)C1. The molecule has 0 saturated carbocycles. The summed E-state index contributed by atoms with van der Waals surface area (Å²) in [4.78, 5) is 26.1. The number of rotatable bonds is 3. The third kappa shape index (κ3) is 4.59. The van der Waals surface area contributed by atoms with Crippen molar-refractivity contribution in [2.24, 2.45) is 5.92 Å². The van der Waals surface area contributed by atoms with Gasteiger partial charge in [0.15, 0.2) is 0 Å². The second-order valence-corrected chi connectivity index (χ2v) is 6.52. The highest BCUT2D eigenvalue weighted by Crippen LogP contribution is 2.19. The maximum absolute atomic E-state index is 12.3. The van der Waals surface area contributed by atoms with Gasteiger partial charge in [0.1, 0.15) is 0 Å². The Labute approximate surface area is 148 Å². The van der Waals surface area contributed by atoms with Crippen molar-refractivity contribution in [2.75, 3.05) is 23.7 Å². The van der Waals surface area contributed by atoms with Crippen molar-refractivity contribution >= 4 is 28.9 Å². The molecular formula is C20H23N3O2. The third-order valence-corrected chi connectivity index (χ3v) is 4.34. The van der Waals surface area contributed by atoms with E-state index in [4.69, 9.17) is 0 Å². The molecule has 0 radical (unpaired) electrons. The Morgan fingerprint density at radius 3 is 2.28 bits per heavy atom. The van der Waals surface area contributed by atoms with Gasteiger partial charge < -0.3 is 15.5 Å². The van der Waals surface area contributed by atoms with Crippen LogP contribution in [0.5, 0.6) is 0 Å². The zero-order valence-electron chi connectivity index (χ0n) is 14.4. The average molecular weight is 337 g/mol. The Hall–Kier alpha value is -2.82. The van der Waals surface area contributed by atoms with Crippen molar-refractivity contribution in [3.05, 3.63) is 54.6 Å². The molecule has 1 atom stereocenters. The quantitative estimate of drug-likeness (QED) is 0.841. The average Bonchev–Trinajstić information content (AvgIpc) is 2.63. The second kappa shape index (κ2) is 7.83. The smallest absolute Gasteiger partial charge is 0.313 e. The van der Waals surface area contributed by atoms with E-state index >= 15 is 0 Å². The summed E-state index contributed by atoms with van der Waals surface area (Å²) in [6, 6.07) is 17.2. The minimum absolute atomic E-state index is 0.446. The summed E-state index contributed by atoms with van der Waals surface area (Å²) in [6.45, 7) is 3.43. The molecule has 2 aromatic rings. The van der Waals surface area contributed by atoms with Crippen LogP contribution >= 0.6 is 0 Å². The number of carbonyl (C=O) groups excluding carboxylic acids is 2. The summed E-state index contributed by atoms with van der Waals surface area (Å²) in [5.41, 5.74) is 2.52. The Morgan fingerprint density at radius 2 is 1.60 bits per heavy atom. The van der Waals surface area contributed by atoms with Crippen molar-refractivity contribution in [3.63, 3.8) is 0 Å². The maximum atomic E-state index is 12.3. The van der Waals surface area contributed by atoms with Gasteiger partial charge in [-0.2, -0.15) is 0 Å². The fraction of sp³-hybridized carbons (Fsp3) is 0.300. The van der Waals surface area contributed by atoms with Crippen LogP contribution in [0, 0.1) is 5.92 Å². The van der Waals surface area contributed by atoms with Crippen molar-refractivity contribution in [1.82, 2.24) is 4.90 Å². The number of benzene rings is 2. The van der Waals surface area contributed by atoms with Gasteiger partial charge in [-0.1, -0.05) is 25.1 Å². The number of carbonyl (C=O) groups is 2. The van der Waals surface area contributed by atoms with Crippen LogP contribution in [0.15, 0.2) is 54.6 Å². The highest BCUT2D eigenvalue weighted by Gasteiger charge is 2.26. The van der Waals surface area contributed by atoms with Crippen molar-refractivity contribution in [2.45, 2.75) is 19.8 Å². The van der Waals surface area contributed by atoms with Crippen LogP contribution in [0.4, 0.5) is 17.1 Å². The molecule has 1 aliphatic heterocycles. The standard InChI is InChI=1S/C20H23N3O2/c1-15-6-5-13-23(14-15)20(25)19(24)22-18-11-9-17(10-12-18)21-16-7-3-2-4-8-16/h2-4,7-12,15,21H,5-6,13-14H2,1H3,(H,22,24). The number of nitrogens with one attached hydrogen (secondary N) is 2. The van der Waals surface area contributed by atoms with E-state index in [0.29, 0.717) is 24.7 Å². The van der Waals surface area contributed by atoms with Gasteiger partial charge in [-0.15, -0.1) is 0 Å². The molecular weight excluding hydrogens is 314 g/mol. The number of amides is 2. The molecule has 2 amide bonds. The lowest BCUT2D eigenvalue weighted by Crippen LogP contribution is -2.44. The largest absolute Gasteiger partial charge is 0.356 e. The van der Waals surface area contributed by atoms with E-state index in [2.05, 4.69) is 17.6 Å². The Morgan fingerprint density at radius 1 is 0.960 bits per heavy atom. The summed E-state index contributed by atoms with van der Waals surface area (Å²) in [5, 5.41) is 5.96. The molecule has 0 aliphatic carbocycles. The predicted molar refractivity (Wildman–Crippen MR) is 99.8 cm³/mol. The van der Waals surface area contributed by atoms with Gasteiger partial charge in [-0.05, 0) is 55.2 Å². The Kier molecular flexibility index (Phi) is 5.33. The normalized spacial score (nSPS) is 17.0. The lowest BCUT2D eigenvalue weighted by molar-refractivity contribution is -0.144. The number of anilines is 3. The highest BCUT2D eigenvalue weighted by molar-refractivity contribution is 6.39. The highest BCUT2D eigenvalue weighted by atomic mass is 16.2. The minimum Gasteiger partial charge on any atom is -0.356 e. The predicted octanol–water partition coefficient (Wildman–Crippen LogP) is 3.63. The van der Waals surface area contributed by atoms with E-state index in [-0.39, 0.29) is 0 Å². The minimum atomic E-state index is -0.571. The Bertz CT molecular complexity index is 728. The number of hydrogen-bond donors (Lipinski definition) is 2. The van der Waals surface area contributed by atoms with E-state index in [0.717, 1.165) is 24.2 Å². The van der Waals surface area contributed by atoms with Crippen LogP contribution in [-0.4, -0.2) is 29.8 Å². The molecule has 0 spiro atoms. The molecule has 0 bridgehead atoms. The third-order valence-electron chi connectivity index (χ3n) is 4.34. The van der Waals surface area contributed by atoms with Crippen LogP contribution < -0.4 is 10.6 Å². The summed E-state index contributed by atoms with van der Waals surface area (Å²) in [5.74, 6) is -0.565. The summed E-state index contributed by atoms with van der Waals surface area (Å²) in [7, 11) is 0. The summed E-state index contributed by atoms with van der Waals surface area (Å²) >= 11 is 0. The zero-order valence-corrected chi connectivity index (χ0v) is 14.4. The number of hydrogen-bond acceptors (Lipinski definition) is 3. The monoisotopic (exact) mass is 337 g/mol. The van der Waals surface area contributed by atoms with Crippen LogP contribution in [-0.2, 0) is 9.59 Å². The first-order chi connectivity index (χ1) is 12.1. The number of nitrogens with zero attached hydrogens (tertiary/aromatic N) is 1. The van der Waals surface area contributed by atoms with Gasteiger partial charge in [-0.3, -0.25) is 9.59 Å². The molecule has 3 rings (SSSR count). The van der Waals surface area contributed by atoms with Crippen molar-refractivity contribution < 1.29 is 9.59 Å². The van der Waals surface area contributed by atoms with Gasteiger partial charge >= 0.3 is 11.8 Å². The van der Waals surface area contributed by atoms with E-state index in [1.807, 2.05) is 42.5 Å². The van der Waals surface area contributed by atoms with Gasteiger partial charge in [-0.25, -0.2) is 0 Å². The molecule has 5 nitrogen and oxygen atoms in total. The molecule has 5 heteroatoms. The topological polar surface area (TPSA) is 61.4 Å². The summed E-state index contributed by atoms with van der Waals surface area (Å²) in [6.07, 6.45) is 2.07. The first-order valence-corrected chi connectivity index (χ1v) is 8.64. The van der Waals surface area contributed by atoms with Crippen LogP contribution in [0.2, 0.25) is 0 Å². The first-order valence-electron chi connectivity index (χ1n) is 8.64. The molecule has 1 unspecified atom stereocenters. The fourth-order valence-corrected chi connectivity index (χ4v) is 3.03. The van der Waals surface area contributed by atoms with Gasteiger partial charge in [0.25, 0.3) is 0 Å². The molecule has 0 aromatic heterocycles. The molecule has 1 fully saturated rings. The molecule has 25 heavy (non-hydrogen) atoms. The van der Waals surface area contributed by atoms with Crippen LogP contribution in [0.25, 0.3) is 0 Å². The van der Waals surface area contributed by atoms with E-state index in [9.17, 15) is 9.59 Å². The molecule has 1 saturated heterocycles. The zero-order chi connectivity index (χ0) is 17.6. The number of likely N-dealkylation sites (tertiary alicyclic amines) is 1. The molecule has 130 valence electrons. The van der Waals surface area contributed by atoms with Crippen LogP contribution in [0.1, 0.15) is 19.8 Å². The number of piperidine rings is 1. The fourth-order valence-electron chi connectivity index (χ4n) is 3.03. The van der Waals surface area contributed by atoms with Crippen molar-refractivity contribution in [3.8, 4) is 0 Å². The van der Waals surface area contributed by atoms with Crippen LogP contribution in [0.3, 0.4) is 0 Å². The molecule has 2 aromatic carbocycles. The lowest BCUT2D eigenvalue weighted by atomic mass is 10.0. The molecule has 1 aliphatic rings. The van der Waals surface area contributed by atoms with Crippen molar-refractivity contribution in [1.29, 1.82) is 0 Å². The first kappa shape index (κ1) is 17.0. The molecule has 2 N–H and O–H groups in total. The Balaban J connectivity index is 1.57. The second-order valence-electron chi connectivity index (χ2n) is 6.52. The van der Waals surface area contributed by atoms with Gasteiger partial charge in [0.05, 0.1) is 0 Å². The van der Waals surface area contributed by atoms with E-state index in [1.54, 1.807) is 17.0 Å². The maximum Gasteiger partial charge on any atom is 0.313 e. The van der Waals surface area contributed by atoms with Gasteiger partial charge in [0, 0.05) is 30.2 Å². The lowest BCUT2D eigenvalue weighted by Gasteiger charge is -2.30. The molecule has 1 heterocycles. The van der Waals surface area contributed by atoms with E-state index in [1.165, 1.54) is 0 Å². The van der Waals surface area contributed by atoms with E-state index < -0.39 is 11.8 Å². The summed E-state index contributed by atoms with van der Waals surface area (Å²) < 4.78 is 0. The number of para-hydroxylation sites is 1.